The molecule has 1 aliphatic heterocycles. The summed E-state index contributed by atoms with van der Waals surface area (Å²) < 4.78 is 52.8. The number of alkyl halides is 3. The molecule has 150 valence electrons. The maximum Gasteiger partial charge on any atom is 0.403 e. The van der Waals surface area contributed by atoms with Crippen LogP contribution in [0.1, 0.15) is 25.3 Å². The third kappa shape index (κ3) is 4.36. The van der Waals surface area contributed by atoms with Gasteiger partial charge >= 0.3 is 6.18 Å². The fourth-order valence-corrected chi connectivity index (χ4v) is 3.69. The van der Waals surface area contributed by atoms with Gasteiger partial charge in [-0.2, -0.15) is 13.2 Å². The standard InChI is InChI=1S/C19H26F4N4/c1-14(19(21,22)23)26-9-11-27(12-10-26)17(24-2)25-13-18(7-8-18)15-5-3-4-6-16(15)20/h3-6,14H,7-13H2,1-2H3,(H,24,25). The van der Waals surface area contributed by atoms with Crippen molar-refractivity contribution in [3.05, 3.63) is 35.6 Å². The predicted molar refractivity (Wildman–Crippen MR) is 97.3 cm³/mol. The second-order valence-electron chi connectivity index (χ2n) is 7.40. The van der Waals surface area contributed by atoms with Crippen molar-refractivity contribution in [1.82, 2.24) is 15.1 Å². The zero-order valence-electron chi connectivity index (χ0n) is 15.7. The lowest BCUT2D eigenvalue weighted by atomic mass is 9.95. The number of hydrogen-bond acceptors (Lipinski definition) is 2. The first-order chi connectivity index (χ1) is 12.8. The minimum absolute atomic E-state index is 0.193. The molecule has 1 saturated carbocycles. The van der Waals surface area contributed by atoms with Crippen LogP contribution in [0.2, 0.25) is 0 Å². The number of halogens is 4. The normalized spacial score (nSPS) is 21.9. The average Bonchev–Trinajstić information content (AvgIpc) is 3.42. The molecule has 27 heavy (non-hydrogen) atoms. The highest BCUT2D eigenvalue weighted by Crippen LogP contribution is 2.48. The van der Waals surface area contributed by atoms with E-state index in [4.69, 9.17) is 0 Å². The fraction of sp³-hybridized carbons (Fsp3) is 0.632. The van der Waals surface area contributed by atoms with Crippen LogP contribution in [0.25, 0.3) is 0 Å². The van der Waals surface area contributed by atoms with E-state index >= 15 is 0 Å². The lowest BCUT2D eigenvalue weighted by Crippen LogP contribution is -2.57. The Morgan fingerprint density at radius 1 is 1.19 bits per heavy atom. The molecule has 2 fully saturated rings. The Morgan fingerprint density at radius 2 is 1.81 bits per heavy atom. The van der Waals surface area contributed by atoms with E-state index in [-0.39, 0.29) is 11.2 Å². The van der Waals surface area contributed by atoms with Crippen molar-refractivity contribution in [2.75, 3.05) is 39.8 Å². The molecule has 8 heteroatoms. The van der Waals surface area contributed by atoms with E-state index in [2.05, 4.69) is 10.3 Å². The topological polar surface area (TPSA) is 30.9 Å². The van der Waals surface area contributed by atoms with Crippen molar-refractivity contribution in [2.45, 2.75) is 37.4 Å². The van der Waals surface area contributed by atoms with Crippen molar-refractivity contribution in [2.24, 2.45) is 4.99 Å². The van der Waals surface area contributed by atoms with Crippen LogP contribution in [0.3, 0.4) is 0 Å². The molecular weight excluding hydrogens is 360 g/mol. The molecule has 1 aromatic carbocycles. The van der Waals surface area contributed by atoms with E-state index in [0.29, 0.717) is 38.7 Å². The van der Waals surface area contributed by atoms with Gasteiger partial charge in [0, 0.05) is 45.2 Å². The molecule has 0 radical (unpaired) electrons. The first-order valence-corrected chi connectivity index (χ1v) is 9.28. The summed E-state index contributed by atoms with van der Waals surface area (Å²) >= 11 is 0. The summed E-state index contributed by atoms with van der Waals surface area (Å²) in [5, 5.41) is 3.31. The second-order valence-corrected chi connectivity index (χ2v) is 7.40. The number of piperazine rings is 1. The van der Waals surface area contributed by atoms with Gasteiger partial charge < -0.3 is 10.2 Å². The third-order valence-corrected chi connectivity index (χ3v) is 5.73. The molecule has 1 aliphatic carbocycles. The van der Waals surface area contributed by atoms with Gasteiger partial charge in [-0.15, -0.1) is 0 Å². The molecule has 0 bridgehead atoms. The third-order valence-electron chi connectivity index (χ3n) is 5.73. The number of hydrogen-bond donors (Lipinski definition) is 1. The number of aliphatic imine (C=N–C) groups is 1. The summed E-state index contributed by atoms with van der Waals surface area (Å²) in [6, 6.07) is 5.39. The van der Waals surface area contributed by atoms with Crippen LogP contribution < -0.4 is 5.32 Å². The van der Waals surface area contributed by atoms with Crippen LogP contribution in [0, 0.1) is 5.82 Å². The number of guanidine groups is 1. The Balaban J connectivity index is 1.56. The van der Waals surface area contributed by atoms with Crippen molar-refractivity contribution in [3.8, 4) is 0 Å². The molecule has 0 spiro atoms. The highest BCUT2D eigenvalue weighted by atomic mass is 19.4. The van der Waals surface area contributed by atoms with Gasteiger partial charge in [0.25, 0.3) is 0 Å². The Morgan fingerprint density at radius 3 is 2.33 bits per heavy atom. The lowest BCUT2D eigenvalue weighted by molar-refractivity contribution is -0.181. The van der Waals surface area contributed by atoms with Crippen molar-refractivity contribution < 1.29 is 17.6 Å². The summed E-state index contributed by atoms with van der Waals surface area (Å²) in [6.07, 6.45) is -2.39. The van der Waals surface area contributed by atoms with Crippen LogP contribution in [0.4, 0.5) is 17.6 Å². The summed E-state index contributed by atoms with van der Waals surface area (Å²) in [4.78, 5) is 7.69. The Hall–Kier alpha value is -1.83. The quantitative estimate of drug-likeness (QED) is 0.490. The Labute approximate surface area is 157 Å². The number of nitrogens with zero attached hydrogens (tertiary/aromatic N) is 3. The van der Waals surface area contributed by atoms with Crippen molar-refractivity contribution in [1.29, 1.82) is 0 Å². The molecule has 3 rings (SSSR count). The van der Waals surface area contributed by atoms with Gasteiger partial charge in [-0.05, 0) is 31.4 Å². The lowest BCUT2D eigenvalue weighted by Gasteiger charge is -2.40. The fourth-order valence-electron chi connectivity index (χ4n) is 3.69. The molecule has 2 aliphatic rings. The Bertz CT molecular complexity index is 677. The minimum atomic E-state index is -4.21. The first-order valence-electron chi connectivity index (χ1n) is 9.28. The van der Waals surface area contributed by atoms with E-state index in [1.807, 2.05) is 17.0 Å². The summed E-state index contributed by atoms with van der Waals surface area (Å²) in [7, 11) is 1.66. The molecular formula is C19H26F4N4. The van der Waals surface area contributed by atoms with Gasteiger partial charge in [0.2, 0.25) is 0 Å². The number of rotatable bonds is 4. The SMILES string of the molecule is CN=C(NCC1(c2ccccc2F)CC1)N1CCN(C(C)C(F)(F)F)CC1. The van der Waals surface area contributed by atoms with Gasteiger partial charge in [-0.1, -0.05) is 18.2 Å². The highest BCUT2D eigenvalue weighted by Gasteiger charge is 2.46. The first kappa shape index (κ1) is 19.9. The molecule has 1 heterocycles. The average molecular weight is 386 g/mol. The van der Waals surface area contributed by atoms with Crippen molar-refractivity contribution in [3.63, 3.8) is 0 Å². The Kier molecular flexibility index (Phi) is 5.65. The van der Waals surface area contributed by atoms with Crippen LogP contribution in [0.5, 0.6) is 0 Å². The van der Waals surface area contributed by atoms with Gasteiger partial charge in [0.05, 0.1) is 0 Å². The van der Waals surface area contributed by atoms with E-state index in [0.717, 1.165) is 18.4 Å². The van der Waals surface area contributed by atoms with Crippen LogP contribution in [-0.4, -0.2) is 67.7 Å². The van der Waals surface area contributed by atoms with Crippen LogP contribution in [0.15, 0.2) is 29.3 Å². The van der Waals surface area contributed by atoms with Gasteiger partial charge in [0.15, 0.2) is 5.96 Å². The monoisotopic (exact) mass is 386 g/mol. The number of nitrogens with one attached hydrogen (secondary N) is 1. The van der Waals surface area contributed by atoms with Gasteiger partial charge in [-0.25, -0.2) is 4.39 Å². The second kappa shape index (κ2) is 7.66. The van der Waals surface area contributed by atoms with Gasteiger partial charge in [-0.3, -0.25) is 9.89 Å². The summed E-state index contributed by atoms with van der Waals surface area (Å²) in [6.45, 7) is 3.40. The molecule has 4 nitrogen and oxygen atoms in total. The predicted octanol–water partition coefficient (Wildman–Crippen LogP) is 3.00. The molecule has 1 unspecified atom stereocenters. The van der Waals surface area contributed by atoms with E-state index < -0.39 is 12.2 Å². The van der Waals surface area contributed by atoms with E-state index in [9.17, 15) is 17.6 Å². The van der Waals surface area contributed by atoms with Crippen LogP contribution >= 0.6 is 0 Å². The largest absolute Gasteiger partial charge is 0.403 e. The highest BCUT2D eigenvalue weighted by molar-refractivity contribution is 5.80. The summed E-state index contributed by atoms with van der Waals surface area (Å²) in [5.74, 6) is 0.471. The van der Waals surface area contributed by atoms with E-state index in [1.165, 1.54) is 17.9 Å². The maximum atomic E-state index is 14.1. The van der Waals surface area contributed by atoms with Gasteiger partial charge in [0.1, 0.15) is 11.9 Å². The summed E-state index contributed by atoms with van der Waals surface area (Å²) in [5.41, 5.74) is 0.505. The minimum Gasteiger partial charge on any atom is -0.355 e. The van der Waals surface area contributed by atoms with E-state index in [1.54, 1.807) is 13.1 Å². The molecule has 0 aromatic heterocycles. The molecule has 0 amide bonds. The number of benzene rings is 1. The zero-order valence-corrected chi connectivity index (χ0v) is 15.7. The maximum absolute atomic E-state index is 14.1. The zero-order chi connectivity index (χ0) is 19.7. The van der Waals surface area contributed by atoms with Crippen LogP contribution in [-0.2, 0) is 5.41 Å². The molecule has 1 atom stereocenters. The smallest absolute Gasteiger partial charge is 0.355 e. The molecule has 1 N–H and O–H groups in total. The van der Waals surface area contributed by atoms with Crippen molar-refractivity contribution >= 4 is 5.96 Å². The molecule has 1 saturated heterocycles. The molecule has 1 aromatic rings.